The molecule has 0 aliphatic heterocycles. The van der Waals surface area contributed by atoms with Crippen LogP contribution in [0.15, 0.2) is 116 Å². The largest absolute Gasteiger partial charge is 0.313 e. The van der Waals surface area contributed by atoms with Gasteiger partial charge in [0.25, 0.3) is 0 Å². The lowest BCUT2D eigenvalue weighted by Gasteiger charge is -2.11. The van der Waals surface area contributed by atoms with Crippen LogP contribution in [0.1, 0.15) is 16.8 Å². The average Bonchev–Trinajstić information content (AvgIpc) is 3.11. The van der Waals surface area contributed by atoms with Crippen molar-refractivity contribution in [2.24, 2.45) is 0 Å². The van der Waals surface area contributed by atoms with Gasteiger partial charge >= 0.3 is 0 Å². The first-order valence-electron chi connectivity index (χ1n) is 10.2. The Morgan fingerprint density at radius 1 is 0.633 bits per heavy atom. The van der Waals surface area contributed by atoms with E-state index >= 15 is 0 Å². The van der Waals surface area contributed by atoms with Gasteiger partial charge in [0, 0.05) is 22.3 Å². The molecule has 0 saturated carbocycles. The molecule has 0 radical (unpaired) electrons. The first kappa shape index (κ1) is 18.2. The fraction of sp³-hybridized carbons (Fsp3) is 0.0345. The van der Waals surface area contributed by atoms with Crippen LogP contribution in [0.4, 0.5) is 0 Å². The molecule has 5 rings (SSSR count). The van der Waals surface area contributed by atoms with Crippen molar-refractivity contribution >= 4 is 16.5 Å². The Hall–Kier alpha value is -3.84. The van der Waals surface area contributed by atoms with E-state index in [1.165, 1.54) is 39.0 Å². The zero-order valence-electron chi connectivity index (χ0n) is 17.0. The predicted molar refractivity (Wildman–Crippen MR) is 128 cm³/mol. The molecular formula is C29H23N. The maximum absolute atomic E-state index is 4.50. The summed E-state index contributed by atoms with van der Waals surface area (Å²) in [4.78, 5) is 0. The lowest BCUT2D eigenvalue weighted by atomic mass is 9.95. The molecular weight excluding hydrogens is 362 g/mol. The highest BCUT2D eigenvalue weighted by atomic mass is 15.0. The molecule has 0 unspecified atom stereocenters. The van der Waals surface area contributed by atoms with Crippen molar-refractivity contribution in [2.45, 2.75) is 6.92 Å². The first-order chi connectivity index (χ1) is 14.7. The number of hydrogen-bond acceptors (Lipinski definition) is 0. The number of fused-ring (bicyclic) bond motifs is 1. The number of hydrogen-bond donors (Lipinski definition) is 0. The van der Waals surface area contributed by atoms with Gasteiger partial charge in [0.1, 0.15) is 0 Å². The Morgan fingerprint density at radius 3 is 1.90 bits per heavy atom. The summed E-state index contributed by atoms with van der Waals surface area (Å²) in [6.07, 6.45) is 0. The second-order valence-electron chi connectivity index (χ2n) is 7.57. The van der Waals surface area contributed by atoms with Crippen molar-refractivity contribution in [3.63, 3.8) is 0 Å². The minimum absolute atomic E-state index is 1.05. The second kappa shape index (κ2) is 7.53. The highest BCUT2D eigenvalue weighted by molar-refractivity contribution is 5.99. The fourth-order valence-corrected chi connectivity index (χ4v) is 4.30. The Labute approximate surface area is 177 Å². The van der Waals surface area contributed by atoms with E-state index in [1.807, 2.05) is 6.07 Å². The van der Waals surface area contributed by atoms with E-state index in [4.69, 9.17) is 0 Å². The number of para-hydroxylation sites is 2. The van der Waals surface area contributed by atoms with Gasteiger partial charge in [-0.2, -0.15) is 0 Å². The van der Waals surface area contributed by atoms with Crippen molar-refractivity contribution in [3.8, 4) is 16.8 Å². The highest BCUT2D eigenvalue weighted by Gasteiger charge is 2.18. The molecule has 0 aliphatic carbocycles. The number of aromatic nitrogens is 1. The Balaban J connectivity index is 1.62. The van der Waals surface area contributed by atoms with Crippen molar-refractivity contribution in [2.75, 3.05) is 0 Å². The molecule has 0 N–H and O–H groups in total. The fourth-order valence-electron chi connectivity index (χ4n) is 4.30. The standard InChI is InChI=1S/C29H23N/c1-21(23-17-19-25(20-18-23)24-11-5-3-6-12-24)29-22(2)30(26-13-7-4-8-14-26)28-16-10-9-15-27(28)29/h3-20H,1H2,2H3. The topological polar surface area (TPSA) is 4.93 Å². The van der Waals surface area contributed by atoms with E-state index in [9.17, 15) is 0 Å². The van der Waals surface area contributed by atoms with Crippen LogP contribution < -0.4 is 0 Å². The summed E-state index contributed by atoms with van der Waals surface area (Å²) >= 11 is 0. The number of nitrogens with zero attached hydrogens (tertiary/aromatic N) is 1. The molecule has 0 aliphatic rings. The SMILES string of the molecule is C=C(c1ccc(-c2ccccc2)cc1)c1c(C)n(-c2ccccc2)c2ccccc12. The quantitative estimate of drug-likeness (QED) is 0.299. The Bertz CT molecular complexity index is 1320. The molecule has 4 aromatic carbocycles. The Kier molecular flexibility index (Phi) is 4.57. The molecule has 0 amide bonds. The molecule has 1 nitrogen and oxygen atoms in total. The van der Waals surface area contributed by atoms with Gasteiger partial charge in [-0.25, -0.2) is 0 Å². The molecule has 0 atom stereocenters. The molecule has 5 aromatic rings. The normalized spacial score (nSPS) is 11.0. The van der Waals surface area contributed by atoms with Crippen LogP contribution in [0.25, 0.3) is 33.3 Å². The molecule has 144 valence electrons. The molecule has 1 aromatic heterocycles. The lowest BCUT2D eigenvalue weighted by Crippen LogP contribution is -1.97. The highest BCUT2D eigenvalue weighted by Crippen LogP contribution is 2.36. The zero-order valence-corrected chi connectivity index (χ0v) is 17.0. The van der Waals surface area contributed by atoms with Gasteiger partial charge in [-0.05, 0) is 47.4 Å². The van der Waals surface area contributed by atoms with Crippen molar-refractivity contribution in [1.82, 2.24) is 4.57 Å². The van der Waals surface area contributed by atoms with Gasteiger partial charge < -0.3 is 4.57 Å². The van der Waals surface area contributed by atoms with Crippen LogP contribution in [0, 0.1) is 6.92 Å². The summed E-state index contributed by atoms with van der Waals surface area (Å²) in [6.45, 7) is 6.69. The molecule has 0 spiro atoms. The summed E-state index contributed by atoms with van der Waals surface area (Å²) in [5, 5.41) is 1.23. The lowest BCUT2D eigenvalue weighted by molar-refractivity contribution is 1.05. The molecule has 0 fully saturated rings. The summed E-state index contributed by atoms with van der Waals surface area (Å²) in [5.41, 5.74) is 9.44. The summed E-state index contributed by atoms with van der Waals surface area (Å²) in [6, 6.07) is 38.3. The minimum Gasteiger partial charge on any atom is -0.313 e. The van der Waals surface area contributed by atoms with Crippen molar-refractivity contribution in [3.05, 3.63) is 133 Å². The van der Waals surface area contributed by atoms with Gasteiger partial charge in [0.15, 0.2) is 0 Å². The van der Waals surface area contributed by atoms with Crippen LogP contribution in [-0.2, 0) is 0 Å². The molecule has 30 heavy (non-hydrogen) atoms. The summed E-state index contributed by atoms with van der Waals surface area (Å²) in [5.74, 6) is 0. The molecule has 1 heterocycles. The zero-order chi connectivity index (χ0) is 20.5. The van der Waals surface area contributed by atoms with E-state index in [-0.39, 0.29) is 0 Å². The van der Waals surface area contributed by atoms with Gasteiger partial charge in [0.2, 0.25) is 0 Å². The third-order valence-electron chi connectivity index (χ3n) is 5.77. The van der Waals surface area contributed by atoms with Crippen molar-refractivity contribution in [1.29, 1.82) is 0 Å². The summed E-state index contributed by atoms with van der Waals surface area (Å²) < 4.78 is 2.33. The van der Waals surface area contributed by atoms with Crippen LogP contribution in [0.3, 0.4) is 0 Å². The van der Waals surface area contributed by atoms with E-state index in [0.717, 1.165) is 11.1 Å². The van der Waals surface area contributed by atoms with Gasteiger partial charge in [-0.15, -0.1) is 0 Å². The van der Waals surface area contributed by atoms with Gasteiger partial charge in [0.05, 0.1) is 5.52 Å². The van der Waals surface area contributed by atoms with Crippen LogP contribution in [-0.4, -0.2) is 4.57 Å². The van der Waals surface area contributed by atoms with Gasteiger partial charge in [-0.3, -0.25) is 0 Å². The molecule has 0 saturated heterocycles. The van der Waals surface area contributed by atoms with E-state index in [0.29, 0.717) is 0 Å². The van der Waals surface area contributed by atoms with Crippen LogP contribution >= 0.6 is 0 Å². The Morgan fingerprint density at radius 2 is 1.20 bits per heavy atom. The monoisotopic (exact) mass is 385 g/mol. The molecule has 0 bridgehead atoms. The first-order valence-corrected chi connectivity index (χ1v) is 10.2. The number of rotatable bonds is 4. The smallest absolute Gasteiger partial charge is 0.0537 e. The third-order valence-corrected chi connectivity index (χ3v) is 5.77. The maximum atomic E-state index is 4.50. The minimum atomic E-state index is 1.05. The summed E-state index contributed by atoms with van der Waals surface area (Å²) in [7, 11) is 0. The predicted octanol–water partition coefficient (Wildman–Crippen LogP) is 7.67. The van der Waals surface area contributed by atoms with Crippen molar-refractivity contribution < 1.29 is 0 Å². The molecule has 1 heteroatoms. The second-order valence-corrected chi connectivity index (χ2v) is 7.57. The third kappa shape index (κ3) is 3.05. The number of benzene rings is 4. The van der Waals surface area contributed by atoms with Crippen LogP contribution in [0.2, 0.25) is 0 Å². The van der Waals surface area contributed by atoms with Gasteiger partial charge in [-0.1, -0.05) is 97.6 Å². The van der Waals surface area contributed by atoms with Crippen LogP contribution in [0.5, 0.6) is 0 Å². The maximum Gasteiger partial charge on any atom is 0.0537 e. The average molecular weight is 386 g/mol. The van der Waals surface area contributed by atoms with E-state index in [2.05, 4.69) is 121 Å². The van der Waals surface area contributed by atoms with E-state index < -0.39 is 0 Å². The van der Waals surface area contributed by atoms with E-state index in [1.54, 1.807) is 0 Å².